The number of carbonyl (C=O) groups excluding carboxylic acids is 4. The molecule has 0 unspecified atom stereocenters. The van der Waals surface area contributed by atoms with Gasteiger partial charge < -0.3 is 25.6 Å². The molecular weight excluding hydrogens is 476 g/mol. The van der Waals surface area contributed by atoms with Gasteiger partial charge in [0.25, 0.3) is 0 Å². The molecule has 9 nitrogen and oxygen atoms in total. The first-order chi connectivity index (χ1) is 17.5. The second-order valence-corrected chi connectivity index (χ2v) is 9.33. The molecule has 0 bridgehead atoms. The molecule has 4 N–H and O–H groups in total. The lowest BCUT2D eigenvalue weighted by molar-refractivity contribution is -0.124. The number of phenolic OH excluding ortho intramolecular Hbond substituents is 2. The Hall–Kier alpha value is -4.40. The molecule has 1 amide bonds. The lowest BCUT2D eigenvalue weighted by atomic mass is 9.70. The predicted octanol–water partition coefficient (Wildman–Crippen LogP) is 2.52. The van der Waals surface area contributed by atoms with Crippen LogP contribution in [0.4, 0.5) is 0 Å². The van der Waals surface area contributed by atoms with Gasteiger partial charge in [-0.05, 0) is 39.7 Å². The number of benzene rings is 2. The Labute approximate surface area is 213 Å². The van der Waals surface area contributed by atoms with Crippen LogP contribution in [-0.4, -0.2) is 46.6 Å². The molecule has 37 heavy (non-hydrogen) atoms. The number of fused-ring (bicyclic) bond motifs is 3. The molecule has 0 spiro atoms. The molecule has 4 rings (SSSR count). The minimum atomic E-state index is -1.60. The van der Waals surface area contributed by atoms with Gasteiger partial charge in [-0.2, -0.15) is 0 Å². The monoisotopic (exact) mass is 504 g/mol. The number of nitrogens with one attached hydrogen (secondary N) is 2. The van der Waals surface area contributed by atoms with E-state index in [2.05, 4.69) is 10.6 Å². The third kappa shape index (κ3) is 4.26. The molecule has 0 fully saturated rings. The molecular formula is C28H28N2O7. The van der Waals surface area contributed by atoms with Crippen LogP contribution in [0.2, 0.25) is 0 Å². The fourth-order valence-corrected chi connectivity index (χ4v) is 4.72. The molecule has 0 saturated heterocycles. The van der Waals surface area contributed by atoms with Crippen molar-refractivity contribution in [1.82, 2.24) is 10.6 Å². The first-order valence-electron chi connectivity index (χ1n) is 11.8. The highest BCUT2D eigenvalue weighted by molar-refractivity contribution is 6.31. The largest absolute Gasteiger partial charge is 0.507 e. The van der Waals surface area contributed by atoms with E-state index in [-0.39, 0.29) is 51.9 Å². The molecule has 0 radical (unpaired) electrons. The number of hydrogen-bond acceptors (Lipinski definition) is 8. The Bertz CT molecular complexity index is 1410. The number of hydrogen-bond donors (Lipinski definition) is 4. The summed E-state index contributed by atoms with van der Waals surface area (Å²) in [6, 6.07) is 9.69. The highest BCUT2D eigenvalue weighted by Gasteiger charge is 2.56. The van der Waals surface area contributed by atoms with Crippen LogP contribution in [-0.2, 0) is 26.2 Å². The van der Waals surface area contributed by atoms with Crippen molar-refractivity contribution in [2.75, 3.05) is 13.1 Å². The Kier molecular flexibility index (Phi) is 6.64. The summed E-state index contributed by atoms with van der Waals surface area (Å²) in [5, 5.41) is 26.9. The summed E-state index contributed by atoms with van der Waals surface area (Å²) in [7, 11) is 0. The van der Waals surface area contributed by atoms with Crippen LogP contribution < -0.4 is 15.4 Å². The van der Waals surface area contributed by atoms with Crippen molar-refractivity contribution in [2.24, 2.45) is 0 Å². The molecule has 0 saturated carbocycles. The quantitative estimate of drug-likeness (QED) is 0.256. The van der Waals surface area contributed by atoms with Gasteiger partial charge in [0, 0.05) is 23.9 Å². The van der Waals surface area contributed by atoms with E-state index in [1.54, 1.807) is 0 Å². The van der Waals surface area contributed by atoms with Gasteiger partial charge in [0.2, 0.25) is 5.91 Å². The highest BCUT2D eigenvalue weighted by atomic mass is 16.5. The van der Waals surface area contributed by atoms with Gasteiger partial charge in [0.15, 0.2) is 17.3 Å². The van der Waals surface area contributed by atoms with E-state index in [1.807, 2.05) is 30.3 Å². The maximum absolute atomic E-state index is 13.7. The van der Waals surface area contributed by atoms with Crippen molar-refractivity contribution in [3.05, 3.63) is 75.7 Å². The number of phenols is 2. The topological polar surface area (TPSA) is 142 Å². The lowest BCUT2D eigenvalue weighted by Gasteiger charge is -2.29. The van der Waals surface area contributed by atoms with Crippen molar-refractivity contribution in [1.29, 1.82) is 0 Å². The zero-order chi connectivity index (χ0) is 27.1. The van der Waals surface area contributed by atoms with Crippen LogP contribution >= 0.6 is 0 Å². The van der Waals surface area contributed by atoms with Gasteiger partial charge in [-0.15, -0.1) is 0 Å². The van der Waals surface area contributed by atoms with E-state index in [4.69, 9.17) is 4.74 Å². The summed E-state index contributed by atoms with van der Waals surface area (Å²) in [5.74, 6) is -3.15. The summed E-state index contributed by atoms with van der Waals surface area (Å²) in [4.78, 5) is 51.3. The van der Waals surface area contributed by atoms with E-state index < -0.39 is 34.3 Å². The lowest BCUT2D eigenvalue weighted by Crippen LogP contribution is -2.42. The number of ketones is 3. The average molecular weight is 505 g/mol. The van der Waals surface area contributed by atoms with Gasteiger partial charge in [0.1, 0.15) is 34.0 Å². The Morgan fingerprint density at radius 1 is 1.03 bits per heavy atom. The second-order valence-electron chi connectivity index (χ2n) is 9.33. The van der Waals surface area contributed by atoms with E-state index in [0.29, 0.717) is 13.0 Å². The third-order valence-electron chi connectivity index (χ3n) is 6.85. The second kappa shape index (κ2) is 9.57. The van der Waals surface area contributed by atoms with E-state index in [0.717, 1.165) is 11.6 Å². The summed E-state index contributed by atoms with van der Waals surface area (Å²) in [5.41, 5.74) is -0.648. The van der Waals surface area contributed by atoms with Crippen LogP contribution in [0.25, 0.3) is 0 Å². The molecule has 9 heteroatoms. The van der Waals surface area contributed by atoms with Crippen molar-refractivity contribution in [2.45, 2.75) is 39.5 Å². The van der Waals surface area contributed by atoms with Crippen LogP contribution in [0.15, 0.2) is 53.4 Å². The summed E-state index contributed by atoms with van der Waals surface area (Å²) >= 11 is 0. The zero-order valence-corrected chi connectivity index (χ0v) is 21.0. The minimum Gasteiger partial charge on any atom is -0.507 e. The highest BCUT2D eigenvalue weighted by Crippen LogP contribution is 2.57. The molecule has 0 aromatic heterocycles. The van der Waals surface area contributed by atoms with Crippen molar-refractivity contribution in [3.63, 3.8) is 0 Å². The Morgan fingerprint density at radius 3 is 2.35 bits per heavy atom. The SMILES string of the molecule is CC(=O)c1c(O)c(C)c(O)c2c1OC1=CC(=O)C(=C(C)NCC(=O)NCCc3ccccc3)C(=O)[C@@]12C. The number of Topliss-reactive ketones (excluding diaryl/α,β-unsaturated/α-hetero) is 2. The molecule has 192 valence electrons. The standard InChI is InChI=1S/C28H28N2O7/c1-14-24(34)22(16(3)31)26-23(25(14)35)28(4)19(37-26)12-18(32)21(27(28)36)15(2)30-13-20(33)29-11-10-17-8-6-5-7-9-17/h5-9,12,30,34-35H,10-11,13H2,1-4H3,(H,29,33)/t28-/m0/s1. The zero-order valence-electron chi connectivity index (χ0n) is 21.0. The predicted molar refractivity (Wildman–Crippen MR) is 134 cm³/mol. The fourth-order valence-electron chi connectivity index (χ4n) is 4.72. The molecule has 2 aromatic carbocycles. The normalized spacial score (nSPS) is 19.4. The van der Waals surface area contributed by atoms with E-state index >= 15 is 0 Å². The number of rotatable bonds is 7. The maximum Gasteiger partial charge on any atom is 0.239 e. The van der Waals surface area contributed by atoms with Crippen LogP contribution in [0, 0.1) is 6.92 Å². The number of aromatic hydroxyl groups is 2. The number of allylic oxidation sites excluding steroid dienone is 4. The Morgan fingerprint density at radius 2 is 1.70 bits per heavy atom. The number of carbonyl (C=O) groups is 4. The molecule has 1 heterocycles. The van der Waals surface area contributed by atoms with Gasteiger partial charge >= 0.3 is 0 Å². The van der Waals surface area contributed by atoms with Crippen LogP contribution in [0.1, 0.15) is 47.8 Å². The first kappa shape index (κ1) is 25.7. The average Bonchev–Trinajstić information content (AvgIpc) is 3.14. The van der Waals surface area contributed by atoms with Crippen molar-refractivity contribution >= 4 is 23.3 Å². The van der Waals surface area contributed by atoms with Gasteiger partial charge in [-0.25, -0.2) is 0 Å². The summed E-state index contributed by atoms with van der Waals surface area (Å²) in [6.07, 6.45) is 1.80. The number of amides is 1. The van der Waals surface area contributed by atoms with Crippen LogP contribution in [0.3, 0.4) is 0 Å². The van der Waals surface area contributed by atoms with Gasteiger partial charge in [-0.3, -0.25) is 19.2 Å². The summed E-state index contributed by atoms with van der Waals surface area (Å²) < 4.78 is 5.74. The smallest absolute Gasteiger partial charge is 0.239 e. The molecule has 2 aromatic rings. The van der Waals surface area contributed by atoms with Crippen LogP contribution in [0.5, 0.6) is 17.2 Å². The fraction of sp³-hybridized carbons (Fsp3) is 0.286. The third-order valence-corrected chi connectivity index (χ3v) is 6.85. The van der Waals surface area contributed by atoms with Gasteiger partial charge in [0.05, 0.1) is 17.7 Å². The van der Waals surface area contributed by atoms with Crippen molar-refractivity contribution in [3.8, 4) is 17.2 Å². The van der Waals surface area contributed by atoms with E-state index in [9.17, 15) is 29.4 Å². The van der Waals surface area contributed by atoms with Gasteiger partial charge in [-0.1, -0.05) is 30.3 Å². The maximum atomic E-state index is 13.7. The minimum absolute atomic E-state index is 0.0145. The molecule has 1 aliphatic heterocycles. The first-order valence-corrected chi connectivity index (χ1v) is 11.8. The molecule has 2 aliphatic rings. The van der Waals surface area contributed by atoms with Crippen molar-refractivity contribution < 1.29 is 34.1 Å². The molecule has 1 atom stereocenters. The number of ether oxygens (including phenoxy) is 1. The molecule has 1 aliphatic carbocycles. The summed E-state index contributed by atoms with van der Waals surface area (Å²) in [6.45, 7) is 5.93. The van der Waals surface area contributed by atoms with E-state index in [1.165, 1.54) is 27.7 Å². The Balaban J connectivity index is 1.58.